The number of carboxylic acid groups (broad SMARTS) is 1. The quantitative estimate of drug-likeness (QED) is 0.753. The summed E-state index contributed by atoms with van der Waals surface area (Å²) in [6, 6.07) is 14.9. The van der Waals surface area contributed by atoms with E-state index in [1.165, 1.54) is 0 Å². The van der Waals surface area contributed by atoms with Gasteiger partial charge in [0.05, 0.1) is 0 Å². The highest BCUT2D eigenvalue weighted by Crippen LogP contribution is 2.15. The highest BCUT2D eigenvalue weighted by molar-refractivity contribution is 9.06. The number of aliphatic carboxylic acids is 1. The molecule has 2 aromatic carbocycles. The zero-order chi connectivity index (χ0) is 17.4. The summed E-state index contributed by atoms with van der Waals surface area (Å²) < 4.78 is 9.91. The second-order valence-corrected chi connectivity index (χ2v) is 5.35. The Morgan fingerprint density at radius 2 is 1.71 bits per heavy atom. The minimum Gasteiger partial charge on any atom is -0.480 e. The number of halogens is 1. The van der Waals surface area contributed by atoms with E-state index in [1.807, 2.05) is 30.3 Å². The molecule has 0 aromatic heterocycles. The lowest BCUT2D eigenvalue weighted by Crippen LogP contribution is -2.42. The third-order valence-electron chi connectivity index (χ3n) is 3.26. The molecule has 0 aliphatic rings. The Morgan fingerprint density at radius 1 is 1.04 bits per heavy atom. The highest BCUT2D eigenvalue weighted by Gasteiger charge is 2.21. The number of carbonyl (C=O) groups excluding carboxylic acids is 1. The van der Waals surface area contributed by atoms with Crippen LogP contribution in [0, 0.1) is 0 Å². The molecular weight excluding hydrogens is 378 g/mol. The molecule has 0 heterocycles. The van der Waals surface area contributed by atoms with Gasteiger partial charge in [0.2, 0.25) is 0 Å². The zero-order valence-electron chi connectivity index (χ0n) is 12.6. The van der Waals surface area contributed by atoms with Crippen LogP contribution in [0.5, 0.6) is 5.75 Å². The van der Waals surface area contributed by atoms with Crippen molar-refractivity contribution in [3.8, 4) is 5.75 Å². The normalized spacial score (nSPS) is 11.4. The SMILES string of the molecule is O=C(N[C@@H](Cc1ccc(OBr)cc1)C(=O)O)OCc1ccccc1. The minimum absolute atomic E-state index is 0.0797. The molecule has 2 aromatic rings. The van der Waals surface area contributed by atoms with Crippen LogP contribution >= 0.6 is 16.3 Å². The van der Waals surface area contributed by atoms with Crippen LogP contribution in [0.1, 0.15) is 11.1 Å². The summed E-state index contributed by atoms with van der Waals surface area (Å²) >= 11 is 2.86. The van der Waals surface area contributed by atoms with E-state index in [0.717, 1.165) is 11.1 Å². The van der Waals surface area contributed by atoms with Crippen molar-refractivity contribution < 1.29 is 23.3 Å². The first-order chi connectivity index (χ1) is 11.6. The van der Waals surface area contributed by atoms with E-state index in [2.05, 4.69) is 21.6 Å². The Kier molecular flexibility index (Phi) is 6.62. The molecule has 2 N–H and O–H groups in total. The molecule has 1 amide bonds. The molecule has 0 fully saturated rings. The van der Waals surface area contributed by atoms with E-state index in [0.29, 0.717) is 5.75 Å². The number of carbonyl (C=O) groups is 2. The molecular formula is C17H16BrNO5. The van der Waals surface area contributed by atoms with Gasteiger partial charge in [-0.15, -0.1) is 0 Å². The van der Waals surface area contributed by atoms with Crippen molar-refractivity contribution in [1.82, 2.24) is 5.32 Å². The van der Waals surface area contributed by atoms with Crippen molar-refractivity contribution in [3.63, 3.8) is 0 Å². The molecule has 0 radical (unpaired) electrons. The minimum atomic E-state index is -1.13. The molecule has 0 aliphatic heterocycles. The summed E-state index contributed by atoms with van der Waals surface area (Å²) in [5.74, 6) is -0.534. The van der Waals surface area contributed by atoms with Crippen LogP contribution in [0.2, 0.25) is 0 Å². The lowest BCUT2D eigenvalue weighted by Gasteiger charge is -2.15. The first-order valence-electron chi connectivity index (χ1n) is 7.16. The van der Waals surface area contributed by atoms with Crippen LogP contribution in [-0.4, -0.2) is 23.2 Å². The van der Waals surface area contributed by atoms with Gasteiger partial charge in [-0.1, -0.05) is 42.5 Å². The van der Waals surface area contributed by atoms with E-state index >= 15 is 0 Å². The van der Waals surface area contributed by atoms with Gasteiger partial charge in [0, 0.05) is 6.42 Å². The van der Waals surface area contributed by atoms with Crippen molar-refractivity contribution in [3.05, 3.63) is 65.7 Å². The summed E-state index contributed by atoms with van der Waals surface area (Å²) in [6.45, 7) is 0.0797. The number of amides is 1. The second kappa shape index (κ2) is 8.93. The number of alkyl carbamates (subject to hydrolysis) is 1. The zero-order valence-corrected chi connectivity index (χ0v) is 14.2. The first kappa shape index (κ1) is 17.8. The van der Waals surface area contributed by atoms with Crippen molar-refractivity contribution in [2.24, 2.45) is 0 Å². The fourth-order valence-electron chi connectivity index (χ4n) is 2.02. The molecule has 0 spiro atoms. The third kappa shape index (κ3) is 5.58. The number of hydrogen-bond donors (Lipinski definition) is 2. The lowest BCUT2D eigenvalue weighted by atomic mass is 10.1. The number of hydrogen-bond acceptors (Lipinski definition) is 4. The van der Waals surface area contributed by atoms with E-state index in [-0.39, 0.29) is 13.0 Å². The molecule has 1 atom stereocenters. The fourth-order valence-corrected chi connectivity index (χ4v) is 2.24. The summed E-state index contributed by atoms with van der Waals surface area (Å²) in [5, 5.41) is 11.6. The van der Waals surface area contributed by atoms with Gasteiger partial charge in [-0.25, -0.2) is 9.59 Å². The van der Waals surface area contributed by atoms with Crippen molar-refractivity contribution >= 4 is 28.3 Å². The average Bonchev–Trinajstić information content (AvgIpc) is 2.61. The summed E-state index contributed by atoms with van der Waals surface area (Å²) in [6.07, 6.45) is -0.634. The lowest BCUT2D eigenvalue weighted by molar-refractivity contribution is -0.139. The van der Waals surface area contributed by atoms with Gasteiger partial charge in [0.25, 0.3) is 0 Å². The number of nitrogens with one attached hydrogen (secondary N) is 1. The van der Waals surface area contributed by atoms with E-state index in [4.69, 9.17) is 8.57 Å². The Bertz CT molecular complexity index is 675. The van der Waals surface area contributed by atoms with E-state index < -0.39 is 18.1 Å². The number of ether oxygens (including phenoxy) is 1. The smallest absolute Gasteiger partial charge is 0.408 e. The van der Waals surface area contributed by atoms with Gasteiger partial charge in [-0.2, -0.15) is 0 Å². The van der Waals surface area contributed by atoms with Crippen LogP contribution < -0.4 is 9.15 Å². The molecule has 0 saturated heterocycles. The monoisotopic (exact) mass is 393 g/mol. The van der Waals surface area contributed by atoms with Crippen molar-refractivity contribution in [2.45, 2.75) is 19.1 Å². The van der Waals surface area contributed by atoms with Crippen LogP contribution in [0.25, 0.3) is 0 Å². The van der Waals surface area contributed by atoms with Gasteiger partial charge in [0.15, 0.2) is 16.3 Å². The summed E-state index contributed by atoms with van der Waals surface area (Å²) in [5.41, 5.74) is 1.57. The predicted octanol–water partition coefficient (Wildman–Crippen LogP) is 3.30. The Labute approximate surface area is 147 Å². The molecule has 0 unspecified atom stereocenters. The topological polar surface area (TPSA) is 84.9 Å². The predicted molar refractivity (Wildman–Crippen MR) is 90.9 cm³/mol. The van der Waals surface area contributed by atoms with Crippen LogP contribution in [-0.2, 0) is 22.6 Å². The van der Waals surface area contributed by atoms with Gasteiger partial charge in [-0.3, -0.25) is 0 Å². The molecule has 7 heteroatoms. The van der Waals surface area contributed by atoms with Crippen molar-refractivity contribution in [2.75, 3.05) is 0 Å². The van der Waals surface area contributed by atoms with Crippen LogP contribution in [0.4, 0.5) is 4.79 Å². The van der Waals surface area contributed by atoms with Crippen LogP contribution in [0.15, 0.2) is 54.6 Å². The molecule has 2 rings (SSSR count). The van der Waals surface area contributed by atoms with Crippen LogP contribution in [0.3, 0.4) is 0 Å². The summed E-state index contributed by atoms with van der Waals surface area (Å²) in [4.78, 5) is 23.1. The molecule has 0 bridgehead atoms. The molecule has 126 valence electrons. The largest absolute Gasteiger partial charge is 0.480 e. The Morgan fingerprint density at radius 3 is 2.29 bits per heavy atom. The van der Waals surface area contributed by atoms with E-state index in [1.54, 1.807) is 24.3 Å². The molecule has 0 aliphatic carbocycles. The van der Waals surface area contributed by atoms with E-state index in [9.17, 15) is 14.7 Å². The van der Waals surface area contributed by atoms with Crippen molar-refractivity contribution in [1.29, 1.82) is 0 Å². The molecule has 0 saturated carbocycles. The number of carboxylic acids is 1. The maximum Gasteiger partial charge on any atom is 0.408 e. The Hall–Kier alpha value is -2.54. The first-order valence-corrected chi connectivity index (χ1v) is 7.81. The molecule has 6 nitrogen and oxygen atoms in total. The fraction of sp³-hybridized carbons (Fsp3) is 0.176. The van der Waals surface area contributed by atoms with Gasteiger partial charge < -0.3 is 19.0 Å². The average molecular weight is 394 g/mol. The number of benzene rings is 2. The third-order valence-corrected chi connectivity index (χ3v) is 3.63. The second-order valence-electron chi connectivity index (χ2n) is 5.02. The molecule has 24 heavy (non-hydrogen) atoms. The highest BCUT2D eigenvalue weighted by atomic mass is 79.9. The Balaban J connectivity index is 1.90. The van der Waals surface area contributed by atoms with Gasteiger partial charge >= 0.3 is 12.1 Å². The standard InChI is InChI=1S/C17H16BrNO5/c18-24-14-8-6-12(7-9-14)10-15(16(20)21)19-17(22)23-11-13-4-2-1-3-5-13/h1-9,15H,10-11H2,(H,19,22)(H,20,21)/t15-/m0/s1. The maximum absolute atomic E-state index is 11.8. The number of rotatable bonds is 7. The maximum atomic E-state index is 11.8. The van der Waals surface area contributed by atoms with Gasteiger partial charge in [-0.05, 0) is 23.3 Å². The summed E-state index contributed by atoms with van der Waals surface area (Å²) in [7, 11) is 0. The van der Waals surface area contributed by atoms with Gasteiger partial charge in [0.1, 0.15) is 18.4 Å².